The largest absolute Gasteiger partial charge is 0.433 e. The van der Waals surface area contributed by atoms with Crippen LogP contribution in [-0.2, 0) is 22.0 Å². The van der Waals surface area contributed by atoms with Crippen LogP contribution in [0.25, 0.3) is 0 Å². The maximum atomic E-state index is 14.1. The predicted octanol–water partition coefficient (Wildman–Crippen LogP) is 7.07. The molecular formula is C31H34F3NO3S. The van der Waals surface area contributed by atoms with Gasteiger partial charge in [-0.25, -0.2) is 8.42 Å². The molecule has 3 aromatic carbocycles. The van der Waals surface area contributed by atoms with Crippen LogP contribution in [0.2, 0.25) is 0 Å². The number of benzene rings is 3. The van der Waals surface area contributed by atoms with E-state index in [1.807, 2.05) is 31.9 Å². The summed E-state index contributed by atoms with van der Waals surface area (Å²) in [5.41, 5.74) is -2.32. The topological polar surface area (TPSA) is 57.6 Å². The van der Waals surface area contributed by atoms with Gasteiger partial charge in [-0.3, -0.25) is 4.31 Å². The molecule has 0 aliphatic heterocycles. The van der Waals surface area contributed by atoms with Crippen molar-refractivity contribution in [3.05, 3.63) is 95.6 Å². The fourth-order valence-electron chi connectivity index (χ4n) is 4.07. The highest BCUT2D eigenvalue weighted by atomic mass is 32.2. The zero-order chi connectivity index (χ0) is 28.7. The third-order valence-electron chi connectivity index (χ3n) is 6.26. The molecule has 0 aromatic heterocycles. The van der Waals surface area contributed by atoms with Gasteiger partial charge in [-0.05, 0) is 66.6 Å². The molecule has 3 rings (SSSR count). The molecule has 0 spiro atoms. The first-order chi connectivity index (χ1) is 18.4. The minimum absolute atomic E-state index is 0.0563. The smallest absolute Gasteiger partial charge is 0.366 e. The van der Waals surface area contributed by atoms with Gasteiger partial charge >= 0.3 is 6.18 Å². The Kier molecular flexibility index (Phi) is 9.87. The summed E-state index contributed by atoms with van der Waals surface area (Å²) >= 11 is 0. The first kappa shape index (κ1) is 30.3. The Bertz CT molecular complexity index is 1380. The maximum absolute atomic E-state index is 14.1. The summed E-state index contributed by atoms with van der Waals surface area (Å²) in [7, 11) is -3.96. The van der Waals surface area contributed by atoms with Crippen LogP contribution < -0.4 is 4.31 Å². The van der Waals surface area contributed by atoms with E-state index in [4.69, 9.17) is 0 Å². The Morgan fingerprint density at radius 2 is 1.51 bits per heavy atom. The van der Waals surface area contributed by atoms with E-state index in [-0.39, 0.29) is 23.0 Å². The summed E-state index contributed by atoms with van der Waals surface area (Å²) in [6, 6.07) is 19.5. The lowest BCUT2D eigenvalue weighted by Gasteiger charge is -2.28. The van der Waals surface area contributed by atoms with Crippen LogP contribution in [0.15, 0.2) is 83.8 Å². The second kappa shape index (κ2) is 12.7. The summed E-state index contributed by atoms with van der Waals surface area (Å²) in [5.74, 6) is 4.44. The Hall–Kier alpha value is -3.28. The van der Waals surface area contributed by atoms with Crippen molar-refractivity contribution in [1.29, 1.82) is 0 Å². The van der Waals surface area contributed by atoms with Crippen LogP contribution in [0.4, 0.5) is 18.9 Å². The number of aryl methyl sites for hydroxylation is 1. The molecule has 0 amide bonds. The molecule has 39 heavy (non-hydrogen) atoms. The van der Waals surface area contributed by atoms with Crippen molar-refractivity contribution in [3.63, 3.8) is 0 Å². The number of halogens is 3. The van der Waals surface area contributed by atoms with Crippen molar-refractivity contribution in [2.45, 2.75) is 63.1 Å². The Morgan fingerprint density at radius 3 is 2.05 bits per heavy atom. The van der Waals surface area contributed by atoms with Gasteiger partial charge in [-0.15, -0.1) is 0 Å². The number of anilines is 1. The highest BCUT2D eigenvalue weighted by molar-refractivity contribution is 7.92. The Labute approximate surface area is 229 Å². The van der Waals surface area contributed by atoms with Crippen molar-refractivity contribution in [2.24, 2.45) is 5.92 Å². The second-order valence-electron chi connectivity index (χ2n) is 9.90. The van der Waals surface area contributed by atoms with Crippen LogP contribution in [0.3, 0.4) is 0 Å². The fourth-order valence-corrected chi connectivity index (χ4v) is 5.71. The Morgan fingerprint density at radius 1 is 0.897 bits per heavy atom. The van der Waals surface area contributed by atoms with E-state index in [0.717, 1.165) is 47.7 Å². The van der Waals surface area contributed by atoms with E-state index < -0.39 is 27.4 Å². The van der Waals surface area contributed by atoms with Crippen molar-refractivity contribution in [1.82, 2.24) is 0 Å². The predicted molar refractivity (Wildman–Crippen MR) is 149 cm³/mol. The summed E-state index contributed by atoms with van der Waals surface area (Å²) < 4.78 is 70.2. The minimum Gasteiger partial charge on any atom is -0.366 e. The average molecular weight is 558 g/mol. The number of rotatable bonds is 10. The molecule has 3 aromatic rings. The molecule has 0 aliphatic rings. The van der Waals surface area contributed by atoms with Crippen LogP contribution in [0.1, 0.15) is 56.7 Å². The van der Waals surface area contributed by atoms with Crippen LogP contribution >= 0.6 is 0 Å². The van der Waals surface area contributed by atoms with Crippen LogP contribution in [0.5, 0.6) is 0 Å². The molecular weight excluding hydrogens is 523 g/mol. The molecule has 4 nitrogen and oxygen atoms in total. The van der Waals surface area contributed by atoms with Gasteiger partial charge in [0.2, 0.25) is 5.60 Å². The monoisotopic (exact) mass is 557 g/mol. The summed E-state index contributed by atoms with van der Waals surface area (Å²) in [4.78, 5) is 0.0729. The molecule has 0 saturated carbocycles. The van der Waals surface area contributed by atoms with E-state index in [9.17, 15) is 26.7 Å². The van der Waals surface area contributed by atoms with Gasteiger partial charge in [0.25, 0.3) is 10.0 Å². The number of hydrogen-bond acceptors (Lipinski definition) is 3. The standard InChI is InChI=1S/C31H34F3NO3S/c1-4-5-7-10-25-13-15-26(16-14-25)21-22-30(36,31(32,33)34)27-17-19-28(20-18-27)35(23-24(2)3)39(37,38)29-11-8-6-9-12-29/h6,8-9,11-20,24,36H,4-5,7,10,23H2,1-3H3. The van der Waals surface area contributed by atoms with Gasteiger partial charge < -0.3 is 5.11 Å². The average Bonchev–Trinajstić information content (AvgIpc) is 2.91. The third kappa shape index (κ3) is 7.43. The van der Waals surface area contributed by atoms with E-state index in [1.165, 1.54) is 24.3 Å². The van der Waals surface area contributed by atoms with Gasteiger partial charge in [0.1, 0.15) is 0 Å². The van der Waals surface area contributed by atoms with Crippen LogP contribution in [0, 0.1) is 17.8 Å². The van der Waals surface area contributed by atoms with Gasteiger partial charge in [0.05, 0.1) is 10.6 Å². The SMILES string of the molecule is CCCCCc1ccc(C#CC(O)(c2ccc(N(CC(C)C)S(=O)(=O)c3ccccc3)cc2)C(F)(F)F)cc1. The summed E-state index contributed by atoms with van der Waals surface area (Å²) in [5, 5.41) is 10.8. The number of hydrogen-bond donors (Lipinski definition) is 1. The lowest BCUT2D eigenvalue weighted by Crippen LogP contribution is -2.41. The highest BCUT2D eigenvalue weighted by Gasteiger charge is 2.54. The number of sulfonamides is 1. The van der Waals surface area contributed by atoms with Gasteiger partial charge in [-0.1, -0.05) is 82.0 Å². The minimum atomic E-state index is -5.09. The zero-order valence-corrected chi connectivity index (χ0v) is 23.2. The molecule has 0 bridgehead atoms. The van der Waals surface area contributed by atoms with Crippen molar-refractivity contribution in [2.75, 3.05) is 10.8 Å². The van der Waals surface area contributed by atoms with Crippen molar-refractivity contribution < 1.29 is 26.7 Å². The lowest BCUT2D eigenvalue weighted by molar-refractivity contribution is -0.240. The summed E-state index contributed by atoms with van der Waals surface area (Å²) in [6.07, 6.45) is -0.971. The molecule has 8 heteroatoms. The number of nitrogens with zero attached hydrogens (tertiary/aromatic N) is 1. The van der Waals surface area contributed by atoms with Crippen molar-refractivity contribution >= 4 is 15.7 Å². The molecule has 208 valence electrons. The normalized spacial score (nSPS) is 13.4. The molecule has 1 unspecified atom stereocenters. The number of unbranched alkanes of at least 4 members (excludes halogenated alkanes) is 2. The second-order valence-corrected chi connectivity index (χ2v) is 11.8. The lowest BCUT2D eigenvalue weighted by atomic mass is 9.93. The summed E-state index contributed by atoms with van der Waals surface area (Å²) in [6.45, 7) is 5.92. The highest BCUT2D eigenvalue weighted by Crippen LogP contribution is 2.39. The van der Waals surface area contributed by atoms with Gasteiger partial charge in [0, 0.05) is 17.7 Å². The van der Waals surface area contributed by atoms with E-state index in [0.29, 0.717) is 5.56 Å². The van der Waals surface area contributed by atoms with Crippen LogP contribution in [-0.4, -0.2) is 26.2 Å². The van der Waals surface area contributed by atoms with E-state index >= 15 is 0 Å². The molecule has 0 fully saturated rings. The zero-order valence-electron chi connectivity index (χ0n) is 22.4. The number of alkyl halides is 3. The molecule has 0 saturated heterocycles. The fraction of sp³-hybridized carbons (Fsp3) is 0.355. The Balaban J connectivity index is 1.94. The third-order valence-corrected chi connectivity index (χ3v) is 8.06. The molecule has 1 atom stereocenters. The molecule has 0 aliphatic carbocycles. The van der Waals surface area contributed by atoms with E-state index in [1.54, 1.807) is 30.3 Å². The molecule has 0 heterocycles. The molecule has 1 N–H and O–H groups in total. The quantitative estimate of drug-likeness (QED) is 0.214. The van der Waals surface area contributed by atoms with Crippen molar-refractivity contribution in [3.8, 4) is 11.8 Å². The van der Waals surface area contributed by atoms with E-state index in [2.05, 4.69) is 12.8 Å². The van der Waals surface area contributed by atoms with Gasteiger partial charge in [0.15, 0.2) is 0 Å². The molecule has 0 radical (unpaired) electrons. The van der Waals surface area contributed by atoms with Gasteiger partial charge in [-0.2, -0.15) is 13.2 Å². The maximum Gasteiger partial charge on any atom is 0.433 e. The first-order valence-electron chi connectivity index (χ1n) is 13.0. The first-order valence-corrected chi connectivity index (χ1v) is 14.4. The number of aliphatic hydroxyl groups is 1.